The molecule has 0 unspecified atom stereocenters. The molecule has 0 aliphatic rings. The van der Waals surface area contributed by atoms with E-state index in [2.05, 4.69) is 20.7 Å². The maximum absolute atomic E-state index is 13.0. The average Bonchev–Trinajstić information content (AvgIpc) is 2.82. The summed E-state index contributed by atoms with van der Waals surface area (Å²) in [7, 11) is 0. The maximum Gasteiger partial charge on any atom is 0.408 e. The van der Waals surface area contributed by atoms with Crippen LogP contribution < -0.4 is 16.0 Å². The highest BCUT2D eigenvalue weighted by atomic mass is 16.5. The van der Waals surface area contributed by atoms with E-state index in [4.69, 9.17) is 10.3 Å². The molecule has 0 bridgehead atoms. The van der Waals surface area contributed by atoms with Crippen molar-refractivity contribution < 1.29 is 28.7 Å². The molecule has 0 fully saturated rings. The maximum atomic E-state index is 13.0. The van der Waals surface area contributed by atoms with Gasteiger partial charge in [0.1, 0.15) is 18.7 Å². The van der Waals surface area contributed by atoms with Crippen LogP contribution in [0.5, 0.6) is 0 Å². The summed E-state index contributed by atoms with van der Waals surface area (Å²) in [5.41, 5.74) is 9.49. The van der Waals surface area contributed by atoms with Crippen molar-refractivity contribution in [3.8, 4) is 0 Å². The molecule has 3 N–H and O–H groups in total. The Balaban J connectivity index is 2.85. The lowest BCUT2D eigenvalue weighted by Gasteiger charge is -2.27. The molecular formula is C25H37N5O5. The van der Waals surface area contributed by atoms with Crippen molar-refractivity contribution in [1.82, 2.24) is 16.0 Å². The van der Waals surface area contributed by atoms with E-state index < -0.39 is 41.8 Å². The van der Waals surface area contributed by atoms with Crippen molar-refractivity contribution in [3.63, 3.8) is 0 Å². The Labute approximate surface area is 206 Å². The smallest absolute Gasteiger partial charge is 0.408 e. The van der Waals surface area contributed by atoms with Gasteiger partial charge >= 0.3 is 12.3 Å². The van der Waals surface area contributed by atoms with Crippen molar-refractivity contribution in [1.29, 1.82) is 0 Å². The molecule has 0 aromatic heterocycles. The first-order valence-electron chi connectivity index (χ1n) is 11.9. The number of benzene rings is 1. The summed E-state index contributed by atoms with van der Waals surface area (Å²) >= 11 is 0. The highest BCUT2D eigenvalue weighted by Crippen LogP contribution is 2.09. The van der Waals surface area contributed by atoms with Gasteiger partial charge in [-0.2, -0.15) is 4.79 Å². The number of amides is 3. The average molecular weight is 488 g/mol. The minimum atomic E-state index is -0.950. The van der Waals surface area contributed by atoms with Crippen LogP contribution in [0.3, 0.4) is 0 Å². The molecule has 10 heteroatoms. The number of ether oxygens (including phenoxy) is 1. The van der Waals surface area contributed by atoms with Gasteiger partial charge in [0.2, 0.25) is 11.8 Å². The molecule has 10 nitrogen and oxygen atoms in total. The number of unbranched alkanes of at least 4 members (excludes halogenated alkanes) is 1. The van der Waals surface area contributed by atoms with E-state index in [9.17, 15) is 19.2 Å². The zero-order chi connectivity index (χ0) is 26.4. The highest BCUT2D eigenvalue weighted by molar-refractivity contribution is 6.28. The molecule has 192 valence electrons. The van der Waals surface area contributed by atoms with Gasteiger partial charge in [0.05, 0.1) is 6.04 Å². The molecule has 0 saturated carbocycles. The first kappa shape index (κ1) is 29.5. The predicted octanol–water partition coefficient (Wildman–Crippen LogP) is 2.62. The molecule has 35 heavy (non-hydrogen) atoms. The molecule has 1 rings (SSSR count). The molecular weight excluding hydrogens is 450 g/mol. The summed E-state index contributed by atoms with van der Waals surface area (Å²) in [6.07, 6.45) is 1.86. The standard InChI is InChI=1S/C25H37N5O5/c1-6-7-13-19(20(31)14-27-26)28-23(32)21(16(2)3)29-24(33)22(17(4)5)30-25(34)35-15-18-11-9-8-10-12-18/h8-12,14,16-17,19,21-22H,6-7,13,15H2,1-5H3,(H,28,32)(H,29,33)(H,30,34)/t19-,21-,22-/m0/s1. The number of rotatable bonds is 14. The van der Waals surface area contributed by atoms with Crippen LogP contribution in [0, 0.1) is 11.8 Å². The van der Waals surface area contributed by atoms with Crippen LogP contribution in [0.4, 0.5) is 4.79 Å². The minimum Gasteiger partial charge on any atom is -0.445 e. The third kappa shape index (κ3) is 10.5. The molecule has 0 spiro atoms. The summed E-state index contributed by atoms with van der Waals surface area (Å²) in [5.74, 6) is -2.20. The van der Waals surface area contributed by atoms with Gasteiger partial charge in [-0.15, -0.1) is 0 Å². The third-order valence-electron chi connectivity index (χ3n) is 5.37. The Hall–Kier alpha value is -3.52. The molecule has 3 atom stereocenters. The Kier molecular flexibility index (Phi) is 13.0. The SMILES string of the molecule is CCCC[C@H](NC(=O)[C@@H](NC(=O)[C@@H](NC(=O)OCc1ccccc1)C(C)C)C(C)C)C(=O)C=[N+]=[N-]. The number of carbonyl (C=O) groups is 4. The molecule has 1 aromatic carbocycles. The lowest BCUT2D eigenvalue weighted by atomic mass is 9.98. The largest absolute Gasteiger partial charge is 0.445 e. The van der Waals surface area contributed by atoms with Gasteiger partial charge < -0.3 is 26.2 Å². The summed E-state index contributed by atoms with van der Waals surface area (Å²) < 4.78 is 5.22. The fourth-order valence-electron chi connectivity index (χ4n) is 3.31. The van der Waals surface area contributed by atoms with Gasteiger partial charge in [0.25, 0.3) is 5.78 Å². The van der Waals surface area contributed by atoms with Crippen molar-refractivity contribution in [2.24, 2.45) is 11.8 Å². The second-order valence-corrected chi connectivity index (χ2v) is 9.01. The summed E-state index contributed by atoms with van der Waals surface area (Å²) in [4.78, 5) is 53.3. The summed E-state index contributed by atoms with van der Waals surface area (Å²) in [5, 5.41) is 7.92. The molecule has 0 aliphatic heterocycles. The van der Waals surface area contributed by atoms with E-state index in [0.29, 0.717) is 12.8 Å². The zero-order valence-electron chi connectivity index (χ0n) is 21.1. The number of carbonyl (C=O) groups excluding carboxylic acids is 4. The van der Waals surface area contributed by atoms with Gasteiger partial charge in [-0.3, -0.25) is 14.4 Å². The topological polar surface area (TPSA) is 150 Å². The lowest BCUT2D eigenvalue weighted by Crippen LogP contribution is -2.58. The molecule has 0 saturated heterocycles. The van der Waals surface area contributed by atoms with Crippen molar-refractivity contribution in [2.45, 2.75) is 78.6 Å². The van der Waals surface area contributed by atoms with Gasteiger partial charge in [-0.25, -0.2) is 4.79 Å². The predicted molar refractivity (Wildman–Crippen MR) is 131 cm³/mol. The van der Waals surface area contributed by atoms with Gasteiger partial charge in [-0.05, 0) is 23.8 Å². The van der Waals surface area contributed by atoms with E-state index in [-0.39, 0.29) is 18.4 Å². The third-order valence-corrected chi connectivity index (χ3v) is 5.37. The van der Waals surface area contributed by atoms with Crippen molar-refractivity contribution in [2.75, 3.05) is 0 Å². The first-order valence-corrected chi connectivity index (χ1v) is 11.9. The van der Waals surface area contributed by atoms with E-state index in [0.717, 1.165) is 18.2 Å². The van der Waals surface area contributed by atoms with E-state index in [1.54, 1.807) is 27.7 Å². The van der Waals surface area contributed by atoms with Crippen LogP contribution in [0.2, 0.25) is 0 Å². The fraction of sp³-hybridized carbons (Fsp3) is 0.560. The van der Waals surface area contributed by atoms with Gasteiger partial charge in [0.15, 0.2) is 0 Å². The molecule has 3 amide bonds. The lowest BCUT2D eigenvalue weighted by molar-refractivity contribution is -0.133. The van der Waals surface area contributed by atoms with Crippen LogP contribution in [0.1, 0.15) is 59.4 Å². The van der Waals surface area contributed by atoms with Crippen LogP contribution in [0.25, 0.3) is 5.53 Å². The normalized spacial score (nSPS) is 13.2. The number of alkyl carbamates (subject to hydrolysis) is 1. The summed E-state index contributed by atoms with van der Waals surface area (Å²) in [6, 6.07) is 6.38. The molecule has 0 aliphatic carbocycles. The monoisotopic (exact) mass is 487 g/mol. The van der Waals surface area contributed by atoms with Crippen LogP contribution in [-0.4, -0.2) is 52.8 Å². The first-order chi connectivity index (χ1) is 16.6. The minimum absolute atomic E-state index is 0.0560. The molecule has 0 radical (unpaired) electrons. The van der Waals surface area contributed by atoms with Crippen LogP contribution >= 0.6 is 0 Å². The molecule has 1 aromatic rings. The van der Waals surface area contributed by atoms with Gasteiger partial charge in [0, 0.05) is 0 Å². The quantitative estimate of drug-likeness (QED) is 0.209. The van der Waals surface area contributed by atoms with Crippen LogP contribution in [-0.2, 0) is 25.7 Å². The second-order valence-electron chi connectivity index (χ2n) is 9.01. The van der Waals surface area contributed by atoms with E-state index in [1.807, 2.05) is 37.3 Å². The van der Waals surface area contributed by atoms with Gasteiger partial charge in [-0.1, -0.05) is 77.8 Å². The summed E-state index contributed by atoms with van der Waals surface area (Å²) in [6.45, 7) is 9.05. The highest BCUT2D eigenvalue weighted by Gasteiger charge is 2.32. The number of nitrogens with one attached hydrogen (secondary N) is 3. The number of hydrogen-bond donors (Lipinski definition) is 3. The van der Waals surface area contributed by atoms with Crippen LogP contribution in [0.15, 0.2) is 30.3 Å². The number of hydrogen-bond acceptors (Lipinski definition) is 5. The number of nitrogens with zero attached hydrogens (tertiary/aromatic N) is 2. The fourth-order valence-corrected chi connectivity index (χ4v) is 3.31. The number of Topliss-reactive ketones (excluding diaryl/α,β-unsaturated/α-hetero) is 1. The Morgan fingerprint density at radius 2 is 1.51 bits per heavy atom. The second kappa shape index (κ2) is 15.4. The Morgan fingerprint density at radius 1 is 0.943 bits per heavy atom. The Bertz CT molecular complexity index is 897. The van der Waals surface area contributed by atoms with Crippen molar-refractivity contribution >= 4 is 29.9 Å². The molecule has 0 heterocycles. The van der Waals surface area contributed by atoms with E-state index in [1.165, 1.54) is 0 Å². The van der Waals surface area contributed by atoms with E-state index >= 15 is 0 Å². The van der Waals surface area contributed by atoms with Crippen molar-refractivity contribution in [3.05, 3.63) is 41.4 Å². The number of ketones is 1. The zero-order valence-corrected chi connectivity index (χ0v) is 21.1. The Morgan fingerprint density at radius 3 is 2.06 bits per heavy atom.